The Balaban J connectivity index is 2.53. The van der Waals surface area contributed by atoms with Crippen LogP contribution in [0.3, 0.4) is 0 Å². The molecular formula is C15H17N3O2. The van der Waals surface area contributed by atoms with Gasteiger partial charge in [-0.25, -0.2) is 9.69 Å². The lowest BCUT2D eigenvalue weighted by molar-refractivity contribution is -0.131. The van der Waals surface area contributed by atoms with Crippen LogP contribution in [0.1, 0.15) is 30.0 Å². The lowest BCUT2D eigenvalue weighted by Gasteiger charge is -2.27. The number of carbonyl (C=O) groups excluding carboxylic acids is 2. The summed E-state index contributed by atoms with van der Waals surface area (Å²) in [7, 11) is 0. The monoisotopic (exact) mass is 271 g/mol. The summed E-state index contributed by atoms with van der Waals surface area (Å²) in [6, 6.07) is 7.14. The number of aryl methyl sites for hydroxylation is 2. The summed E-state index contributed by atoms with van der Waals surface area (Å²) in [6.45, 7) is 5.53. The quantitative estimate of drug-likeness (QED) is 0.675. The molecular weight excluding hydrogens is 254 g/mol. The van der Waals surface area contributed by atoms with Crippen LogP contribution < -0.4 is 5.32 Å². The molecule has 1 aliphatic heterocycles. The molecule has 104 valence electrons. The second-order valence-corrected chi connectivity index (χ2v) is 5.06. The van der Waals surface area contributed by atoms with Crippen LogP contribution in [0.25, 0.3) is 0 Å². The molecule has 1 N–H and O–H groups in total. The van der Waals surface area contributed by atoms with E-state index in [2.05, 4.69) is 5.32 Å². The van der Waals surface area contributed by atoms with Crippen LogP contribution in [0.15, 0.2) is 18.2 Å². The number of rotatable bonds is 3. The summed E-state index contributed by atoms with van der Waals surface area (Å²) >= 11 is 0. The Morgan fingerprint density at radius 3 is 2.60 bits per heavy atom. The molecule has 5 heteroatoms. The summed E-state index contributed by atoms with van der Waals surface area (Å²) in [5.74, 6) is -0.349. The Labute approximate surface area is 118 Å². The molecule has 1 unspecified atom stereocenters. The topological polar surface area (TPSA) is 73.2 Å². The van der Waals surface area contributed by atoms with E-state index in [-0.39, 0.29) is 12.5 Å². The summed E-state index contributed by atoms with van der Waals surface area (Å²) < 4.78 is 0. The van der Waals surface area contributed by atoms with Crippen molar-refractivity contribution in [3.8, 4) is 6.07 Å². The summed E-state index contributed by atoms with van der Waals surface area (Å²) in [5.41, 5.74) is 1.80. The molecule has 0 aromatic heterocycles. The zero-order valence-electron chi connectivity index (χ0n) is 11.9. The van der Waals surface area contributed by atoms with E-state index in [0.717, 1.165) is 21.6 Å². The maximum Gasteiger partial charge on any atom is 0.326 e. The molecule has 0 spiro atoms. The maximum atomic E-state index is 12.6. The van der Waals surface area contributed by atoms with Gasteiger partial charge >= 0.3 is 6.03 Å². The van der Waals surface area contributed by atoms with Gasteiger partial charge < -0.3 is 5.32 Å². The Morgan fingerprint density at radius 2 is 2.05 bits per heavy atom. The highest BCUT2D eigenvalue weighted by Gasteiger charge is 2.51. The van der Waals surface area contributed by atoms with Gasteiger partial charge in [0.15, 0.2) is 0 Å². The molecule has 0 aliphatic carbocycles. The molecule has 1 atom stereocenters. The van der Waals surface area contributed by atoms with Crippen molar-refractivity contribution in [3.05, 3.63) is 34.9 Å². The summed E-state index contributed by atoms with van der Waals surface area (Å²) in [5, 5.41) is 11.5. The lowest BCUT2D eigenvalue weighted by atomic mass is 9.84. The van der Waals surface area contributed by atoms with E-state index in [1.165, 1.54) is 0 Å². The van der Waals surface area contributed by atoms with Crippen LogP contribution in [0.2, 0.25) is 0 Å². The van der Waals surface area contributed by atoms with Crippen LogP contribution in [0.5, 0.6) is 0 Å². The number of nitriles is 1. The molecule has 5 nitrogen and oxygen atoms in total. The third-order valence-electron chi connectivity index (χ3n) is 3.78. The van der Waals surface area contributed by atoms with Gasteiger partial charge in [0.05, 0.1) is 6.07 Å². The molecule has 1 saturated heterocycles. The number of benzene rings is 1. The highest BCUT2D eigenvalue weighted by atomic mass is 16.2. The predicted molar refractivity (Wildman–Crippen MR) is 73.7 cm³/mol. The average molecular weight is 271 g/mol. The van der Waals surface area contributed by atoms with Crippen molar-refractivity contribution in [2.75, 3.05) is 6.54 Å². The first-order valence-electron chi connectivity index (χ1n) is 6.55. The Hall–Kier alpha value is -2.35. The van der Waals surface area contributed by atoms with E-state index in [1.807, 2.05) is 45.0 Å². The molecule has 1 aliphatic rings. The number of amides is 3. The number of hydrogen-bond donors (Lipinski definition) is 1. The van der Waals surface area contributed by atoms with E-state index >= 15 is 0 Å². The van der Waals surface area contributed by atoms with E-state index in [1.54, 1.807) is 0 Å². The van der Waals surface area contributed by atoms with Crippen molar-refractivity contribution in [1.82, 2.24) is 10.2 Å². The van der Waals surface area contributed by atoms with Crippen molar-refractivity contribution >= 4 is 11.9 Å². The third kappa shape index (κ3) is 1.94. The van der Waals surface area contributed by atoms with Crippen LogP contribution in [0, 0.1) is 25.2 Å². The molecule has 1 aromatic rings. The second-order valence-electron chi connectivity index (χ2n) is 5.06. The average Bonchev–Trinajstić information content (AvgIpc) is 2.64. The van der Waals surface area contributed by atoms with Gasteiger partial charge in [-0.1, -0.05) is 30.7 Å². The largest absolute Gasteiger partial charge is 0.326 e. The zero-order chi connectivity index (χ0) is 14.9. The fourth-order valence-electron chi connectivity index (χ4n) is 2.75. The highest BCUT2D eigenvalue weighted by Crippen LogP contribution is 2.34. The second kappa shape index (κ2) is 4.97. The molecule has 20 heavy (non-hydrogen) atoms. The zero-order valence-corrected chi connectivity index (χ0v) is 11.9. The molecule has 0 saturated carbocycles. The Kier molecular flexibility index (Phi) is 3.49. The highest BCUT2D eigenvalue weighted by molar-refractivity contribution is 6.07. The fraction of sp³-hybridized carbons (Fsp3) is 0.400. The molecule has 1 heterocycles. The summed E-state index contributed by atoms with van der Waals surface area (Å²) in [4.78, 5) is 25.5. The standard InChI is InChI=1S/C15H17N3O2/c1-4-15(12-6-5-10(2)9-11(12)3)13(19)18(8-7-16)14(20)17-15/h5-6,9H,4,8H2,1-3H3,(H,17,20). The number of imide groups is 1. The fourth-order valence-corrected chi connectivity index (χ4v) is 2.75. The van der Waals surface area contributed by atoms with E-state index in [4.69, 9.17) is 5.26 Å². The number of nitrogens with zero attached hydrogens (tertiary/aromatic N) is 2. The van der Waals surface area contributed by atoms with Crippen LogP contribution in [-0.4, -0.2) is 23.4 Å². The summed E-state index contributed by atoms with van der Waals surface area (Å²) in [6.07, 6.45) is 0.448. The van der Waals surface area contributed by atoms with Crippen molar-refractivity contribution in [2.24, 2.45) is 0 Å². The van der Waals surface area contributed by atoms with Gasteiger partial charge in [-0.15, -0.1) is 0 Å². The Morgan fingerprint density at radius 1 is 1.35 bits per heavy atom. The van der Waals surface area contributed by atoms with Crippen molar-refractivity contribution in [1.29, 1.82) is 5.26 Å². The Bertz CT molecular complexity index is 618. The molecule has 3 amide bonds. The normalized spacial score (nSPS) is 21.8. The molecule has 1 aromatic carbocycles. The van der Waals surface area contributed by atoms with Crippen LogP contribution >= 0.6 is 0 Å². The van der Waals surface area contributed by atoms with E-state index in [9.17, 15) is 9.59 Å². The van der Waals surface area contributed by atoms with Crippen molar-refractivity contribution in [2.45, 2.75) is 32.7 Å². The van der Waals surface area contributed by atoms with Gasteiger partial charge in [0.25, 0.3) is 5.91 Å². The van der Waals surface area contributed by atoms with Gasteiger partial charge in [-0.05, 0) is 31.4 Å². The number of urea groups is 1. The minimum absolute atomic E-state index is 0.225. The van der Waals surface area contributed by atoms with Gasteiger partial charge in [-0.2, -0.15) is 5.26 Å². The minimum Gasteiger partial charge on any atom is -0.319 e. The predicted octanol–water partition coefficient (Wildman–Crippen LogP) is 1.98. The van der Waals surface area contributed by atoms with Crippen LogP contribution in [0.4, 0.5) is 4.79 Å². The first-order chi connectivity index (χ1) is 9.46. The van der Waals surface area contributed by atoms with Gasteiger partial charge in [0, 0.05) is 0 Å². The maximum absolute atomic E-state index is 12.6. The molecule has 0 bridgehead atoms. The van der Waals surface area contributed by atoms with Gasteiger partial charge in [-0.3, -0.25) is 4.79 Å². The molecule has 0 radical (unpaired) electrons. The van der Waals surface area contributed by atoms with Crippen LogP contribution in [-0.2, 0) is 10.3 Å². The SMILES string of the molecule is CCC1(c2ccc(C)cc2C)NC(=O)N(CC#N)C1=O. The van der Waals surface area contributed by atoms with E-state index < -0.39 is 11.6 Å². The number of nitrogens with one attached hydrogen (secondary N) is 1. The van der Waals surface area contributed by atoms with Gasteiger partial charge in [0.2, 0.25) is 0 Å². The number of carbonyl (C=O) groups is 2. The first-order valence-corrected chi connectivity index (χ1v) is 6.55. The smallest absolute Gasteiger partial charge is 0.319 e. The van der Waals surface area contributed by atoms with E-state index in [0.29, 0.717) is 6.42 Å². The molecule has 2 rings (SSSR count). The lowest BCUT2D eigenvalue weighted by Crippen LogP contribution is -2.44. The van der Waals surface area contributed by atoms with Crippen molar-refractivity contribution in [3.63, 3.8) is 0 Å². The van der Waals surface area contributed by atoms with Crippen molar-refractivity contribution < 1.29 is 9.59 Å². The first kappa shape index (κ1) is 14.1. The number of hydrogen-bond acceptors (Lipinski definition) is 3. The van der Waals surface area contributed by atoms with Gasteiger partial charge in [0.1, 0.15) is 12.1 Å². The molecule has 1 fully saturated rings. The third-order valence-corrected chi connectivity index (χ3v) is 3.78. The minimum atomic E-state index is -1.05.